The Bertz CT molecular complexity index is 846. The molecule has 3 N–H and O–H groups in total. The van der Waals surface area contributed by atoms with Crippen LogP contribution in [0.5, 0.6) is 11.5 Å². The lowest BCUT2D eigenvalue weighted by Gasteiger charge is -2.20. The van der Waals surface area contributed by atoms with Gasteiger partial charge in [-0.2, -0.15) is 0 Å². The summed E-state index contributed by atoms with van der Waals surface area (Å²) in [7, 11) is 1.51. The highest BCUT2D eigenvalue weighted by Gasteiger charge is 2.17. The number of likely N-dealkylation sites (N-methyl/N-ethyl adjacent to an activating group) is 1. The van der Waals surface area contributed by atoms with Gasteiger partial charge in [-0.1, -0.05) is 6.08 Å². The molecule has 31 heavy (non-hydrogen) atoms. The predicted octanol–water partition coefficient (Wildman–Crippen LogP) is 0.810. The molecule has 2 rings (SSSR count). The number of allylic oxidation sites excluding steroid dienone is 1. The van der Waals surface area contributed by atoms with Gasteiger partial charge in [0, 0.05) is 12.6 Å². The molecule has 0 spiro atoms. The van der Waals surface area contributed by atoms with Crippen molar-refractivity contribution in [2.24, 2.45) is 5.92 Å². The van der Waals surface area contributed by atoms with Gasteiger partial charge in [-0.15, -0.1) is 0 Å². The van der Waals surface area contributed by atoms with Crippen LogP contribution in [0.2, 0.25) is 0 Å². The van der Waals surface area contributed by atoms with Crippen molar-refractivity contribution in [1.29, 1.82) is 0 Å². The van der Waals surface area contributed by atoms with Crippen molar-refractivity contribution in [3.8, 4) is 11.5 Å². The smallest absolute Gasteiger partial charge is 0.341 e. The molecule has 10 nitrogen and oxygen atoms in total. The monoisotopic (exact) mass is 434 g/mol. The van der Waals surface area contributed by atoms with Gasteiger partial charge in [-0.25, -0.2) is 9.59 Å². The zero-order valence-electron chi connectivity index (χ0n) is 17.2. The summed E-state index contributed by atoms with van der Waals surface area (Å²) in [6.07, 6.45) is 5.27. The molecule has 0 atom stereocenters. The SMILES string of the molecule is CN(CC(=O)c1ccc(OCC(=O)O)c(OCC(=O)O)c1)C(=O)C=CC1CCNCC1. The summed E-state index contributed by atoms with van der Waals surface area (Å²) in [4.78, 5) is 47.7. The van der Waals surface area contributed by atoms with Crippen molar-refractivity contribution < 1.29 is 38.9 Å². The molecule has 10 heteroatoms. The quantitative estimate of drug-likeness (QED) is 0.340. The number of ether oxygens (including phenoxy) is 2. The van der Waals surface area contributed by atoms with E-state index in [9.17, 15) is 19.2 Å². The van der Waals surface area contributed by atoms with Crippen LogP contribution in [-0.2, 0) is 14.4 Å². The standard InChI is InChI=1S/C21H26N2O8/c1-23(19(25)5-2-14-6-8-22-9-7-14)11-16(24)15-3-4-17(30-12-20(26)27)18(10-15)31-13-21(28)29/h2-5,10,14,22H,6-9,11-13H2,1H3,(H,26,27)(H,28,29). The van der Waals surface area contributed by atoms with E-state index >= 15 is 0 Å². The second kappa shape index (κ2) is 11.7. The van der Waals surface area contributed by atoms with E-state index in [1.165, 1.54) is 36.2 Å². The lowest BCUT2D eigenvalue weighted by Crippen LogP contribution is -2.31. The molecule has 168 valence electrons. The van der Waals surface area contributed by atoms with E-state index in [0.29, 0.717) is 5.92 Å². The number of carboxylic acid groups (broad SMARTS) is 2. The Morgan fingerprint density at radius 1 is 1.06 bits per heavy atom. The highest BCUT2D eigenvalue weighted by atomic mass is 16.5. The summed E-state index contributed by atoms with van der Waals surface area (Å²) in [6, 6.07) is 3.99. The van der Waals surface area contributed by atoms with Gasteiger partial charge in [-0.3, -0.25) is 9.59 Å². The number of ketones is 1. The molecule has 1 saturated heterocycles. The predicted molar refractivity (Wildman–Crippen MR) is 109 cm³/mol. The fourth-order valence-electron chi connectivity index (χ4n) is 2.96. The second-order valence-electron chi connectivity index (χ2n) is 7.09. The number of Topliss-reactive ketones (excluding diaryl/α,β-unsaturated/α-hetero) is 1. The van der Waals surface area contributed by atoms with Crippen LogP contribution in [0.3, 0.4) is 0 Å². The summed E-state index contributed by atoms with van der Waals surface area (Å²) in [5.74, 6) is -2.90. The molecule has 1 aromatic carbocycles. The lowest BCUT2D eigenvalue weighted by atomic mass is 9.98. The zero-order chi connectivity index (χ0) is 22.8. The number of nitrogens with one attached hydrogen (secondary N) is 1. The number of nitrogens with zero attached hydrogens (tertiary/aromatic N) is 1. The molecule has 1 heterocycles. The Kier molecular flexibility index (Phi) is 9.01. The largest absolute Gasteiger partial charge is 0.479 e. The lowest BCUT2D eigenvalue weighted by molar-refractivity contribution is -0.140. The van der Waals surface area contributed by atoms with Crippen LogP contribution >= 0.6 is 0 Å². The summed E-state index contributed by atoms with van der Waals surface area (Å²) in [5.41, 5.74) is 0.171. The maximum atomic E-state index is 12.6. The fraction of sp³-hybridized carbons (Fsp3) is 0.429. The molecule has 0 saturated carbocycles. The molecular weight excluding hydrogens is 408 g/mol. The van der Waals surface area contributed by atoms with E-state index < -0.39 is 30.9 Å². The molecule has 0 radical (unpaired) electrons. The third-order valence-corrected chi connectivity index (χ3v) is 4.62. The summed E-state index contributed by atoms with van der Waals surface area (Å²) in [5, 5.41) is 20.8. The van der Waals surface area contributed by atoms with Crippen molar-refractivity contribution >= 4 is 23.6 Å². The van der Waals surface area contributed by atoms with Crippen LogP contribution < -0.4 is 14.8 Å². The first-order valence-corrected chi connectivity index (χ1v) is 9.76. The first-order valence-electron chi connectivity index (χ1n) is 9.76. The molecule has 0 aliphatic carbocycles. The van der Waals surface area contributed by atoms with Gasteiger partial charge >= 0.3 is 11.9 Å². The van der Waals surface area contributed by atoms with Crippen molar-refractivity contribution in [3.63, 3.8) is 0 Å². The summed E-state index contributed by atoms with van der Waals surface area (Å²) in [6.45, 7) is 0.285. The Balaban J connectivity index is 2.03. The van der Waals surface area contributed by atoms with Crippen LogP contribution in [0.25, 0.3) is 0 Å². The van der Waals surface area contributed by atoms with Gasteiger partial charge in [0.15, 0.2) is 30.5 Å². The third-order valence-electron chi connectivity index (χ3n) is 4.62. The van der Waals surface area contributed by atoms with E-state index in [2.05, 4.69) is 5.32 Å². The maximum Gasteiger partial charge on any atom is 0.341 e. The molecule has 0 aromatic heterocycles. The molecular formula is C21H26N2O8. The number of carbonyl (C=O) groups is 4. The average Bonchev–Trinajstić information content (AvgIpc) is 2.75. The van der Waals surface area contributed by atoms with Gasteiger partial charge < -0.3 is 29.9 Å². The van der Waals surface area contributed by atoms with Crippen molar-refractivity contribution in [2.75, 3.05) is 39.9 Å². The van der Waals surface area contributed by atoms with Gasteiger partial charge in [0.25, 0.3) is 0 Å². The number of hydrogen-bond acceptors (Lipinski definition) is 7. The Labute approximate surface area is 179 Å². The van der Waals surface area contributed by atoms with E-state index in [1.54, 1.807) is 0 Å². The van der Waals surface area contributed by atoms with Crippen LogP contribution in [0.1, 0.15) is 23.2 Å². The van der Waals surface area contributed by atoms with E-state index in [-0.39, 0.29) is 29.5 Å². The normalized spacial score (nSPS) is 14.2. The van der Waals surface area contributed by atoms with Crippen LogP contribution in [-0.4, -0.2) is 78.6 Å². The first kappa shape index (κ1) is 23.9. The number of aliphatic carboxylic acids is 2. The molecule has 1 fully saturated rings. The van der Waals surface area contributed by atoms with Crippen LogP contribution in [0.15, 0.2) is 30.4 Å². The number of carbonyl (C=O) groups excluding carboxylic acids is 2. The molecule has 1 aromatic rings. The minimum absolute atomic E-state index is 0.00506. The minimum Gasteiger partial charge on any atom is -0.479 e. The number of benzene rings is 1. The van der Waals surface area contributed by atoms with E-state index in [4.69, 9.17) is 19.7 Å². The summed E-state index contributed by atoms with van der Waals surface area (Å²) < 4.78 is 10.2. The maximum absolute atomic E-state index is 12.6. The van der Waals surface area contributed by atoms with Gasteiger partial charge in [0.2, 0.25) is 5.91 Å². The number of hydrogen-bond donors (Lipinski definition) is 3. The third kappa shape index (κ3) is 8.09. The first-order chi connectivity index (χ1) is 14.8. The van der Waals surface area contributed by atoms with E-state index in [0.717, 1.165) is 25.9 Å². The molecule has 0 unspecified atom stereocenters. The molecule has 1 aliphatic rings. The van der Waals surface area contributed by atoms with Crippen LogP contribution in [0.4, 0.5) is 0 Å². The van der Waals surface area contributed by atoms with Gasteiger partial charge in [0.05, 0.1) is 6.54 Å². The second-order valence-corrected chi connectivity index (χ2v) is 7.09. The topological polar surface area (TPSA) is 142 Å². The number of piperidine rings is 1. The number of rotatable bonds is 11. The fourth-order valence-corrected chi connectivity index (χ4v) is 2.96. The van der Waals surface area contributed by atoms with Gasteiger partial charge in [0.1, 0.15) is 0 Å². The highest BCUT2D eigenvalue weighted by molar-refractivity contribution is 6.01. The van der Waals surface area contributed by atoms with Gasteiger partial charge in [-0.05, 0) is 56.1 Å². The molecule has 1 aliphatic heterocycles. The zero-order valence-corrected chi connectivity index (χ0v) is 17.2. The Morgan fingerprint density at radius 3 is 2.29 bits per heavy atom. The summed E-state index contributed by atoms with van der Waals surface area (Å²) >= 11 is 0. The average molecular weight is 434 g/mol. The molecule has 1 amide bonds. The van der Waals surface area contributed by atoms with Crippen molar-refractivity contribution in [3.05, 3.63) is 35.9 Å². The van der Waals surface area contributed by atoms with E-state index in [1.807, 2.05) is 6.08 Å². The molecule has 0 bridgehead atoms. The minimum atomic E-state index is -1.24. The van der Waals surface area contributed by atoms with Crippen molar-refractivity contribution in [1.82, 2.24) is 10.2 Å². The van der Waals surface area contributed by atoms with Crippen LogP contribution in [0, 0.1) is 5.92 Å². The number of amides is 1. The highest BCUT2D eigenvalue weighted by Crippen LogP contribution is 2.29. The Morgan fingerprint density at radius 2 is 1.68 bits per heavy atom. The van der Waals surface area contributed by atoms with Crippen molar-refractivity contribution in [2.45, 2.75) is 12.8 Å². The number of carboxylic acids is 2. The Hall–Kier alpha value is -3.40.